The molecule has 0 atom stereocenters. The molecule has 0 aliphatic carbocycles. The average molecular weight is 509 g/mol. The van der Waals surface area contributed by atoms with E-state index < -0.39 is 39.8 Å². The second-order valence-corrected chi connectivity index (χ2v) is 8.81. The molecule has 35 heavy (non-hydrogen) atoms. The number of para-hydroxylation sites is 1. The Labute approximate surface area is 205 Å². The third kappa shape index (κ3) is 5.97. The Morgan fingerprint density at radius 3 is 2.37 bits per heavy atom. The molecule has 10 heteroatoms. The van der Waals surface area contributed by atoms with E-state index in [-0.39, 0.29) is 37.1 Å². The zero-order valence-electron chi connectivity index (χ0n) is 19.3. The minimum Gasteiger partial charge on any atom is -0.487 e. The molecular weight excluding hydrogens is 485 g/mol. The van der Waals surface area contributed by atoms with Crippen molar-refractivity contribution in [1.29, 1.82) is 0 Å². The zero-order valence-corrected chi connectivity index (χ0v) is 20.1. The van der Waals surface area contributed by atoms with Gasteiger partial charge in [0.15, 0.2) is 0 Å². The third-order valence-corrected chi connectivity index (χ3v) is 5.58. The highest BCUT2D eigenvalue weighted by Crippen LogP contribution is 2.27. The van der Waals surface area contributed by atoms with Gasteiger partial charge in [-0.2, -0.15) is 0 Å². The summed E-state index contributed by atoms with van der Waals surface area (Å²) in [7, 11) is 0. The fourth-order valence-corrected chi connectivity index (χ4v) is 3.86. The van der Waals surface area contributed by atoms with E-state index >= 15 is 0 Å². The van der Waals surface area contributed by atoms with E-state index in [0.717, 1.165) is 16.7 Å². The first kappa shape index (κ1) is 26.2. The van der Waals surface area contributed by atoms with Gasteiger partial charge in [-0.3, -0.25) is 9.36 Å². The first-order chi connectivity index (χ1) is 16.5. The van der Waals surface area contributed by atoms with Gasteiger partial charge in [0.25, 0.3) is 5.56 Å². The smallest absolute Gasteiger partial charge is 0.407 e. The maximum atomic E-state index is 14.3. The van der Waals surface area contributed by atoms with Crippen LogP contribution in [-0.4, -0.2) is 27.2 Å². The molecule has 0 saturated heterocycles. The lowest BCUT2D eigenvalue weighted by Crippen LogP contribution is -2.32. The highest BCUT2D eigenvalue weighted by Gasteiger charge is 2.20. The van der Waals surface area contributed by atoms with Crippen molar-refractivity contribution >= 4 is 17.7 Å². The van der Waals surface area contributed by atoms with Crippen LogP contribution in [0.5, 0.6) is 5.75 Å². The molecule has 1 heterocycles. The van der Waals surface area contributed by atoms with Gasteiger partial charge in [0.2, 0.25) is 0 Å². The van der Waals surface area contributed by atoms with E-state index in [2.05, 4.69) is 0 Å². The highest BCUT2D eigenvalue weighted by molar-refractivity contribution is 6.31. The monoisotopic (exact) mass is 508 g/mol. The van der Waals surface area contributed by atoms with Crippen molar-refractivity contribution in [3.8, 4) is 11.4 Å². The molecule has 0 bridgehead atoms. The number of hydrogen-bond acceptors (Lipinski definition) is 3. The molecule has 0 fully saturated rings. The molecule has 2 aromatic carbocycles. The van der Waals surface area contributed by atoms with Gasteiger partial charge in [-0.15, -0.1) is 0 Å². The minimum absolute atomic E-state index is 0.0327. The summed E-state index contributed by atoms with van der Waals surface area (Å²) < 4.78 is 49.0. The van der Waals surface area contributed by atoms with E-state index in [4.69, 9.17) is 16.3 Å². The summed E-state index contributed by atoms with van der Waals surface area (Å²) in [6.45, 7) is 5.24. The quantitative estimate of drug-likeness (QED) is 0.409. The third-order valence-electron chi connectivity index (χ3n) is 5.23. The molecule has 0 aliphatic heterocycles. The van der Waals surface area contributed by atoms with Crippen LogP contribution < -0.4 is 10.3 Å². The number of aromatic nitrogens is 1. The number of amides is 1. The summed E-state index contributed by atoms with van der Waals surface area (Å²) in [6, 6.07) is 8.48. The molecule has 0 radical (unpaired) electrons. The number of nitrogens with zero attached hydrogens (tertiary/aromatic N) is 2. The Kier molecular flexibility index (Phi) is 8.11. The van der Waals surface area contributed by atoms with E-state index in [1.807, 2.05) is 13.8 Å². The van der Waals surface area contributed by atoms with E-state index in [0.29, 0.717) is 11.1 Å². The largest absolute Gasteiger partial charge is 0.487 e. The summed E-state index contributed by atoms with van der Waals surface area (Å²) in [5.41, 5.74) is -0.379. The predicted molar refractivity (Wildman–Crippen MR) is 126 cm³/mol. The van der Waals surface area contributed by atoms with Crippen molar-refractivity contribution < 1.29 is 27.8 Å². The Balaban J connectivity index is 1.92. The van der Waals surface area contributed by atoms with Crippen molar-refractivity contribution in [3.05, 3.63) is 92.1 Å². The SMILES string of the molecule is Cc1cc(OCc2ccc(F)cc2CN(CC(C)C)C(=O)O)c(Cl)c(=O)n1-c1c(F)cccc1F. The Morgan fingerprint density at radius 1 is 1.11 bits per heavy atom. The van der Waals surface area contributed by atoms with Crippen molar-refractivity contribution in [2.45, 2.75) is 33.9 Å². The van der Waals surface area contributed by atoms with Gasteiger partial charge in [0.1, 0.15) is 40.5 Å². The van der Waals surface area contributed by atoms with E-state index in [1.165, 1.54) is 42.2 Å². The molecule has 0 aliphatic rings. The Morgan fingerprint density at radius 2 is 1.77 bits per heavy atom. The van der Waals surface area contributed by atoms with Crippen LogP contribution in [0.2, 0.25) is 5.02 Å². The maximum Gasteiger partial charge on any atom is 0.407 e. The zero-order chi connectivity index (χ0) is 25.9. The second kappa shape index (κ2) is 10.9. The van der Waals surface area contributed by atoms with E-state index in [9.17, 15) is 27.9 Å². The number of ether oxygens (including phenoxy) is 1. The van der Waals surface area contributed by atoms with Crippen LogP contribution in [0.25, 0.3) is 5.69 Å². The first-order valence-electron chi connectivity index (χ1n) is 10.7. The Bertz CT molecular complexity index is 1290. The van der Waals surface area contributed by atoms with Crippen LogP contribution in [0, 0.1) is 30.3 Å². The van der Waals surface area contributed by atoms with Gasteiger partial charge >= 0.3 is 6.09 Å². The fraction of sp³-hybridized carbons (Fsp3) is 0.280. The van der Waals surface area contributed by atoms with Crippen molar-refractivity contribution in [2.24, 2.45) is 5.92 Å². The molecule has 186 valence electrons. The lowest BCUT2D eigenvalue weighted by Gasteiger charge is -2.23. The summed E-state index contributed by atoms with van der Waals surface area (Å²) in [4.78, 5) is 25.7. The predicted octanol–water partition coefficient (Wildman–Crippen LogP) is 5.93. The van der Waals surface area contributed by atoms with Gasteiger partial charge in [0.05, 0.1) is 0 Å². The van der Waals surface area contributed by atoms with E-state index in [1.54, 1.807) is 0 Å². The molecule has 0 saturated carbocycles. The van der Waals surface area contributed by atoms with Crippen molar-refractivity contribution in [2.75, 3.05) is 6.54 Å². The molecule has 1 aromatic heterocycles. The number of benzene rings is 2. The Hall–Kier alpha value is -3.46. The van der Waals surface area contributed by atoms with Crippen LogP contribution in [-0.2, 0) is 13.2 Å². The number of rotatable bonds is 8. The summed E-state index contributed by atoms with van der Waals surface area (Å²) in [5.74, 6) is -2.37. The van der Waals surface area contributed by atoms with Gasteiger partial charge in [-0.05, 0) is 48.2 Å². The van der Waals surface area contributed by atoms with Crippen LogP contribution in [0.4, 0.5) is 18.0 Å². The lowest BCUT2D eigenvalue weighted by molar-refractivity contribution is 0.136. The minimum atomic E-state index is -1.14. The van der Waals surface area contributed by atoms with Crippen LogP contribution in [0.15, 0.2) is 47.3 Å². The first-order valence-corrected chi connectivity index (χ1v) is 11.1. The maximum absolute atomic E-state index is 14.3. The van der Waals surface area contributed by atoms with Gasteiger partial charge in [-0.25, -0.2) is 18.0 Å². The summed E-state index contributed by atoms with van der Waals surface area (Å²) >= 11 is 6.19. The second-order valence-electron chi connectivity index (χ2n) is 8.43. The van der Waals surface area contributed by atoms with Crippen molar-refractivity contribution in [1.82, 2.24) is 9.47 Å². The average Bonchev–Trinajstić information content (AvgIpc) is 2.77. The lowest BCUT2D eigenvalue weighted by atomic mass is 10.1. The molecule has 0 unspecified atom stereocenters. The van der Waals surface area contributed by atoms with Crippen molar-refractivity contribution in [3.63, 3.8) is 0 Å². The molecular formula is C25H24ClF3N2O4. The number of aryl methyl sites for hydroxylation is 1. The summed E-state index contributed by atoms with van der Waals surface area (Å²) in [5, 5.41) is 9.11. The van der Waals surface area contributed by atoms with Gasteiger partial charge < -0.3 is 14.7 Å². The standard InChI is InChI=1S/C25H24ClF3N2O4/c1-14(2)11-30(25(33)34)12-17-10-18(27)8-7-16(17)13-35-21-9-15(3)31(24(32)22(21)26)23-19(28)5-4-6-20(23)29/h4-10,14H,11-13H2,1-3H3,(H,33,34). The fourth-order valence-electron chi connectivity index (χ4n) is 3.66. The summed E-state index contributed by atoms with van der Waals surface area (Å²) in [6.07, 6.45) is -1.14. The van der Waals surface area contributed by atoms with Gasteiger partial charge in [0, 0.05) is 24.8 Å². The van der Waals surface area contributed by atoms with Crippen LogP contribution >= 0.6 is 11.6 Å². The van der Waals surface area contributed by atoms with Crippen LogP contribution in [0.1, 0.15) is 30.7 Å². The molecule has 0 spiro atoms. The molecule has 6 nitrogen and oxygen atoms in total. The van der Waals surface area contributed by atoms with Gasteiger partial charge in [-0.1, -0.05) is 37.6 Å². The number of carboxylic acid groups (broad SMARTS) is 1. The van der Waals surface area contributed by atoms with Crippen LogP contribution in [0.3, 0.4) is 0 Å². The number of hydrogen-bond donors (Lipinski definition) is 1. The molecule has 3 rings (SSSR count). The molecule has 1 N–H and O–H groups in total. The number of pyridine rings is 1. The highest BCUT2D eigenvalue weighted by atomic mass is 35.5. The number of halogens is 4. The molecule has 1 amide bonds. The number of carbonyl (C=O) groups is 1. The molecule has 3 aromatic rings. The normalized spacial score (nSPS) is 11.1. The topological polar surface area (TPSA) is 71.8 Å².